The van der Waals surface area contributed by atoms with E-state index in [9.17, 15) is 8.78 Å². The molecule has 0 unspecified atom stereocenters. The minimum atomic E-state index is -0.676. The van der Waals surface area contributed by atoms with Gasteiger partial charge < -0.3 is 9.72 Å². The summed E-state index contributed by atoms with van der Waals surface area (Å²) in [4.78, 5) is 6.93. The second-order valence-corrected chi connectivity index (χ2v) is 4.08. The number of ether oxygens (including phenoxy) is 1. The molecule has 0 radical (unpaired) electrons. The number of aromatic amines is 1. The Labute approximate surface area is 91.4 Å². The number of rotatable bonds is 2. The van der Waals surface area contributed by atoms with Crippen LogP contribution in [0.2, 0.25) is 0 Å². The Hall–Kier alpha value is -1.49. The minimum Gasteiger partial charge on any atom is -0.371 e. The normalized spacial score (nSPS) is 12.3. The van der Waals surface area contributed by atoms with Crippen LogP contribution in [-0.4, -0.2) is 17.1 Å². The molecule has 1 N–H and O–H groups in total. The van der Waals surface area contributed by atoms with E-state index >= 15 is 0 Å². The van der Waals surface area contributed by atoms with Crippen molar-refractivity contribution in [2.24, 2.45) is 0 Å². The Morgan fingerprint density at radius 3 is 2.62 bits per heavy atom. The van der Waals surface area contributed by atoms with Gasteiger partial charge in [0, 0.05) is 13.2 Å². The topological polar surface area (TPSA) is 37.9 Å². The number of fused-ring (bicyclic) bond motifs is 1. The molecule has 86 valence electrons. The number of H-pyrrole nitrogens is 1. The second-order valence-electron chi connectivity index (χ2n) is 4.08. The minimum absolute atomic E-state index is 0.126. The van der Waals surface area contributed by atoms with Crippen molar-refractivity contribution in [3.05, 3.63) is 29.6 Å². The first-order chi connectivity index (χ1) is 7.44. The summed E-state index contributed by atoms with van der Waals surface area (Å²) in [6.07, 6.45) is 0. The number of hydrogen-bond donors (Lipinski definition) is 1. The fourth-order valence-corrected chi connectivity index (χ4v) is 1.42. The molecule has 3 nitrogen and oxygen atoms in total. The Kier molecular flexibility index (Phi) is 2.42. The summed E-state index contributed by atoms with van der Waals surface area (Å²) in [5.74, 6) is -0.839. The van der Waals surface area contributed by atoms with E-state index in [1.165, 1.54) is 13.2 Å². The summed E-state index contributed by atoms with van der Waals surface area (Å²) in [5, 5.41) is 0. The number of imidazole rings is 1. The monoisotopic (exact) mass is 226 g/mol. The molecule has 5 heteroatoms. The summed E-state index contributed by atoms with van der Waals surface area (Å²) in [6, 6.07) is 2.02. The fraction of sp³-hybridized carbons (Fsp3) is 0.364. The number of nitrogens with zero attached hydrogens (tertiary/aromatic N) is 1. The average molecular weight is 226 g/mol. The van der Waals surface area contributed by atoms with E-state index in [4.69, 9.17) is 4.74 Å². The van der Waals surface area contributed by atoms with Gasteiger partial charge in [-0.15, -0.1) is 0 Å². The molecule has 1 heterocycles. The van der Waals surface area contributed by atoms with Crippen LogP contribution in [-0.2, 0) is 10.3 Å². The van der Waals surface area contributed by atoms with Crippen LogP contribution in [0.3, 0.4) is 0 Å². The Morgan fingerprint density at radius 1 is 1.31 bits per heavy atom. The van der Waals surface area contributed by atoms with Crippen LogP contribution in [0.15, 0.2) is 12.1 Å². The van der Waals surface area contributed by atoms with Crippen molar-refractivity contribution in [1.82, 2.24) is 9.97 Å². The van der Waals surface area contributed by atoms with Gasteiger partial charge in [0.2, 0.25) is 0 Å². The van der Waals surface area contributed by atoms with Gasteiger partial charge in [0.25, 0.3) is 0 Å². The van der Waals surface area contributed by atoms with Gasteiger partial charge in [0.1, 0.15) is 22.8 Å². The first kappa shape index (κ1) is 11.0. The maximum Gasteiger partial charge on any atom is 0.153 e. The van der Waals surface area contributed by atoms with Crippen LogP contribution in [0.25, 0.3) is 11.0 Å². The van der Waals surface area contributed by atoms with Crippen LogP contribution < -0.4 is 0 Å². The maximum atomic E-state index is 13.4. The summed E-state index contributed by atoms with van der Waals surface area (Å²) >= 11 is 0. The zero-order chi connectivity index (χ0) is 11.9. The molecular weight excluding hydrogens is 214 g/mol. The largest absolute Gasteiger partial charge is 0.371 e. The molecule has 0 aliphatic heterocycles. The molecular formula is C11H12F2N2O. The van der Waals surface area contributed by atoms with Gasteiger partial charge in [-0.3, -0.25) is 0 Å². The maximum absolute atomic E-state index is 13.4. The highest BCUT2D eigenvalue weighted by atomic mass is 19.1. The molecule has 2 rings (SSSR count). The Bertz CT molecular complexity index is 534. The van der Waals surface area contributed by atoms with E-state index in [0.717, 1.165) is 6.07 Å². The van der Waals surface area contributed by atoms with Crippen molar-refractivity contribution in [1.29, 1.82) is 0 Å². The lowest BCUT2D eigenvalue weighted by Crippen LogP contribution is -2.21. The van der Waals surface area contributed by atoms with Crippen molar-refractivity contribution in [3.63, 3.8) is 0 Å². The number of hydrogen-bond acceptors (Lipinski definition) is 2. The van der Waals surface area contributed by atoms with Gasteiger partial charge in [-0.1, -0.05) is 0 Å². The van der Waals surface area contributed by atoms with E-state index in [1.807, 2.05) is 0 Å². The highest BCUT2D eigenvalue weighted by Crippen LogP contribution is 2.25. The van der Waals surface area contributed by atoms with Crippen LogP contribution in [0.1, 0.15) is 19.7 Å². The number of nitrogens with one attached hydrogen (secondary N) is 1. The average Bonchev–Trinajstić information content (AvgIpc) is 2.62. The number of halogens is 2. The third-order valence-electron chi connectivity index (χ3n) is 2.59. The Morgan fingerprint density at radius 2 is 2.00 bits per heavy atom. The summed E-state index contributed by atoms with van der Waals surface area (Å²) < 4.78 is 31.6. The third kappa shape index (κ3) is 1.67. The van der Waals surface area contributed by atoms with Gasteiger partial charge in [-0.05, 0) is 19.9 Å². The lowest BCUT2D eigenvalue weighted by Gasteiger charge is -2.19. The zero-order valence-electron chi connectivity index (χ0n) is 9.27. The fourth-order valence-electron chi connectivity index (χ4n) is 1.42. The lowest BCUT2D eigenvalue weighted by molar-refractivity contribution is 0.0124. The third-order valence-corrected chi connectivity index (χ3v) is 2.59. The molecule has 1 aromatic carbocycles. The molecule has 0 saturated carbocycles. The summed E-state index contributed by atoms with van der Waals surface area (Å²) in [6.45, 7) is 3.58. The van der Waals surface area contributed by atoms with Crippen molar-refractivity contribution in [3.8, 4) is 0 Å². The Balaban J connectivity index is 2.65. The van der Waals surface area contributed by atoms with Gasteiger partial charge in [0.15, 0.2) is 5.82 Å². The molecule has 0 saturated heterocycles. The highest BCUT2D eigenvalue weighted by Gasteiger charge is 2.24. The first-order valence-electron chi connectivity index (χ1n) is 4.84. The molecule has 0 bridgehead atoms. The molecule has 0 aliphatic carbocycles. The first-order valence-corrected chi connectivity index (χ1v) is 4.84. The number of benzene rings is 1. The van der Waals surface area contributed by atoms with E-state index in [-0.39, 0.29) is 5.52 Å². The molecule has 1 aromatic heterocycles. The van der Waals surface area contributed by atoms with Crippen molar-refractivity contribution >= 4 is 11.0 Å². The molecule has 16 heavy (non-hydrogen) atoms. The van der Waals surface area contributed by atoms with Crippen molar-refractivity contribution in [2.45, 2.75) is 19.4 Å². The van der Waals surface area contributed by atoms with Gasteiger partial charge in [-0.25, -0.2) is 13.8 Å². The van der Waals surface area contributed by atoms with Crippen molar-refractivity contribution in [2.75, 3.05) is 7.11 Å². The predicted octanol–water partition coefficient (Wildman–Crippen LogP) is 2.72. The SMILES string of the molecule is COC(C)(C)c1nc2c(F)cc(F)cc2[nH]1. The van der Waals surface area contributed by atoms with Crippen LogP contribution in [0.4, 0.5) is 8.78 Å². The van der Waals surface area contributed by atoms with Crippen LogP contribution in [0, 0.1) is 11.6 Å². The zero-order valence-corrected chi connectivity index (χ0v) is 9.27. The quantitative estimate of drug-likeness (QED) is 0.854. The molecule has 0 spiro atoms. The van der Waals surface area contributed by atoms with Crippen LogP contribution >= 0.6 is 0 Å². The number of methoxy groups -OCH3 is 1. The van der Waals surface area contributed by atoms with E-state index in [1.54, 1.807) is 13.8 Å². The van der Waals surface area contributed by atoms with E-state index < -0.39 is 17.2 Å². The van der Waals surface area contributed by atoms with Crippen molar-refractivity contribution < 1.29 is 13.5 Å². The van der Waals surface area contributed by atoms with Crippen LogP contribution in [0.5, 0.6) is 0 Å². The predicted molar refractivity (Wildman–Crippen MR) is 56.0 cm³/mol. The van der Waals surface area contributed by atoms with Gasteiger partial charge >= 0.3 is 0 Å². The molecule has 2 aromatic rings. The highest BCUT2D eigenvalue weighted by molar-refractivity contribution is 5.75. The molecule has 0 fully saturated rings. The summed E-state index contributed by atoms with van der Waals surface area (Å²) in [5.41, 5.74) is -0.207. The smallest absolute Gasteiger partial charge is 0.153 e. The number of aromatic nitrogens is 2. The standard InChI is InChI=1S/C11H12F2N2O/c1-11(2,16-3)10-14-8-5-6(12)4-7(13)9(8)15-10/h4-5H,1-3H3,(H,14,15). The van der Waals surface area contributed by atoms with Gasteiger partial charge in [-0.2, -0.15) is 0 Å². The molecule has 0 atom stereocenters. The van der Waals surface area contributed by atoms with Gasteiger partial charge in [0.05, 0.1) is 5.52 Å². The second kappa shape index (κ2) is 3.52. The molecule has 0 aliphatic rings. The lowest BCUT2D eigenvalue weighted by atomic mass is 10.1. The van der Waals surface area contributed by atoms with E-state index in [0.29, 0.717) is 11.3 Å². The molecule has 0 amide bonds. The van der Waals surface area contributed by atoms with E-state index in [2.05, 4.69) is 9.97 Å². The summed E-state index contributed by atoms with van der Waals surface area (Å²) in [7, 11) is 1.53.